The second-order valence-corrected chi connectivity index (χ2v) is 3.64. The van der Waals surface area contributed by atoms with E-state index in [1.54, 1.807) is 5.38 Å². The Balaban J connectivity index is 0.000000810. The molecule has 1 aromatic heterocycles. The molecule has 1 heterocycles. The zero-order valence-corrected chi connectivity index (χ0v) is 5.95. The van der Waals surface area contributed by atoms with E-state index in [4.69, 9.17) is 4.55 Å². The zero-order chi connectivity index (χ0) is 6.91. The molecule has 0 aromatic carbocycles. The molecule has 0 radical (unpaired) electrons. The van der Waals surface area contributed by atoms with Crippen LogP contribution in [0.5, 0.6) is 0 Å². The summed E-state index contributed by atoms with van der Waals surface area (Å²) in [6.07, 6.45) is 0. The first-order valence-corrected chi connectivity index (χ1v) is 4.48. The van der Waals surface area contributed by atoms with Crippen LogP contribution in [0, 0.1) is 0 Å². The van der Waals surface area contributed by atoms with Crippen molar-refractivity contribution < 1.29 is 13.0 Å². The van der Waals surface area contributed by atoms with Crippen molar-refractivity contribution in [2.45, 2.75) is 4.90 Å². The van der Waals surface area contributed by atoms with Gasteiger partial charge in [-0.1, -0.05) is 0 Å². The minimum atomic E-state index is -3.95. The van der Waals surface area contributed by atoms with Crippen LogP contribution in [-0.4, -0.2) is 64.4 Å². The molecule has 0 aliphatic carbocycles. The van der Waals surface area contributed by atoms with Gasteiger partial charge in [-0.3, -0.25) is 4.55 Å². The van der Waals surface area contributed by atoms with E-state index in [0.717, 1.165) is 0 Å². The van der Waals surface area contributed by atoms with Gasteiger partial charge in [0, 0.05) is 5.38 Å². The van der Waals surface area contributed by atoms with Gasteiger partial charge in [-0.2, -0.15) is 19.8 Å². The van der Waals surface area contributed by atoms with Crippen molar-refractivity contribution in [2.75, 3.05) is 0 Å². The molecule has 0 aliphatic rings. The van der Waals surface area contributed by atoms with Crippen LogP contribution in [0.1, 0.15) is 0 Å². The average molecular weight is 204 g/mol. The topological polar surface area (TPSA) is 54.4 Å². The van der Waals surface area contributed by atoms with Crippen LogP contribution in [0.4, 0.5) is 0 Å². The second-order valence-electron chi connectivity index (χ2n) is 1.43. The molecular formula is C4H5KO3S2. The van der Waals surface area contributed by atoms with Gasteiger partial charge in [0.15, 0.2) is 0 Å². The van der Waals surface area contributed by atoms with E-state index in [-0.39, 0.29) is 56.3 Å². The fourth-order valence-corrected chi connectivity index (χ4v) is 1.89. The molecule has 1 aromatic rings. The summed E-state index contributed by atoms with van der Waals surface area (Å²) in [5.74, 6) is 0. The fraction of sp³-hybridized carbons (Fsp3) is 0. The van der Waals surface area contributed by atoms with Crippen molar-refractivity contribution in [1.29, 1.82) is 0 Å². The third kappa shape index (κ3) is 3.10. The predicted molar refractivity (Wildman–Crippen MR) is 41.3 cm³/mol. The van der Waals surface area contributed by atoms with E-state index < -0.39 is 10.1 Å². The molecule has 0 aliphatic heterocycles. The number of thiophene rings is 1. The SMILES string of the molecule is O=S(=O)(O)c1ccsc1.[KH]. The van der Waals surface area contributed by atoms with Crippen molar-refractivity contribution in [3.8, 4) is 0 Å². The molecule has 1 N–H and O–H groups in total. The van der Waals surface area contributed by atoms with Crippen LogP contribution in [-0.2, 0) is 10.1 Å². The first-order valence-electron chi connectivity index (χ1n) is 2.10. The fourth-order valence-electron chi connectivity index (χ4n) is 0.399. The molecule has 0 unspecified atom stereocenters. The monoisotopic (exact) mass is 204 g/mol. The summed E-state index contributed by atoms with van der Waals surface area (Å²) in [6, 6.07) is 1.35. The molecule has 0 bridgehead atoms. The van der Waals surface area contributed by atoms with Crippen molar-refractivity contribution in [1.82, 2.24) is 0 Å². The summed E-state index contributed by atoms with van der Waals surface area (Å²) in [5.41, 5.74) is 0. The summed E-state index contributed by atoms with van der Waals surface area (Å²) >= 11 is 1.23. The summed E-state index contributed by atoms with van der Waals surface area (Å²) in [7, 11) is -3.95. The molecule has 0 fully saturated rings. The Morgan fingerprint density at radius 3 is 2.30 bits per heavy atom. The van der Waals surface area contributed by atoms with E-state index in [0.29, 0.717) is 0 Å². The Morgan fingerprint density at radius 2 is 2.10 bits per heavy atom. The van der Waals surface area contributed by atoms with Crippen molar-refractivity contribution in [3.63, 3.8) is 0 Å². The van der Waals surface area contributed by atoms with Crippen molar-refractivity contribution in [3.05, 3.63) is 16.8 Å². The Labute approximate surface area is 106 Å². The van der Waals surface area contributed by atoms with Crippen molar-refractivity contribution in [2.24, 2.45) is 0 Å². The van der Waals surface area contributed by atoms with Crippen molar-refractivity contribution >= 4 is 72.8 Å². The normalized spacial score (nSPS) is 10.5. The zero-order valence-electron chi connectivity index (χ0n) is 4.31. The standard InChI is InChI=1S/C4H4O3S2.K.H/c5-9(6,7)4-1-2-8-3-4;;/h1-3H,(H,5,6,7);;. The summed E-state index contributed by atoms with van der Waals surface area (Å²) in [4.78, 5) is -0.0347. The van der Waals surface area contributed by atoms with E-state index in [2.05, 4.69) is 0 Å². The maximum atomic E-state index is 10.3. The van der Waals surface area contributed by atoms with Gasteiger partial charge in [-0.15, -0.1) is 0 Å². The van der Waals surface area contributed by atoms with Gasteiger partial charge in [0.2, 0.25) is 0 Å². The van der Waals surface area contributed by atoms with Gasteiger partial charge >= 0.3 is 51.4 Å². The van der Waals surface area contributed by atoms with E-state index in [9.17, 15) is 8.42 Å². The van der Waals surface area contributed by atoms with E-state index in [1.807, 2.05) is 0 Å². The molecule has 6 heteroatoms. The number of rotatable bonds is 1. The number of hydrogen-bond acceptors (Lipinski definition) is 3. The third-order valence-electron chi connectivity index (χ3n) is 0.793. The quantitative estimate of drug-likeness (QED) is 0.530. The minimum absolute atomic E-state index is 0. The van der Waals surface area contributed by atoms with Gasteiger partial charge in [-0.25, -0.2) is 0 Å². The van der Waals surface area contributed by atoms with Gasteiger partial charge in [0.1, 0.15) is 4.90 Å². The molecule has 52 valence electrons. The first-order chi connectivity index (χ1) is 4.11. The van der Waals surface area contributed by atoms with Gasteiger partial charge in [0.25, 0.3) is 10.1 Å². The van der Waals surface area contributed by atoms with Crippen LogP contribution in [0.2, 0.25) is 0 Å². The van der Waals surface area contributed by atoms with E-state index >= 15 is 0 Å². The van der Waals surface area contributed by atoms with Crippen LogP contribution < -0.4 is 0 Å². The number of hydrogen-bond donors (Lipinski definition) is 1. The van der Waals surface area contributed by atoms with Crippen LogP contribution in [0.25, 0.3) is 0 Å². The van der Waals surface area contributed by atoms with Gasteiger partial charge in [0.05, 0.1) is 0 Å². The molecule has 0 atom stereocenters. The van der Waals surface area contributed by atoms with E-state index in [1.165, 1.54) is 22.8 Å². The molecule has 0 spiro atoms. The van der Waals surface area contributed by atoms with Gasteiger partial charge < -0.3 is 0 Å². The Bertz CT molecular complexity index is 275. The summed E-state index contributed by atoms with van der Waals surface area (Å²) < 4.78 is 28.9. The first kappa shape index (κ1) is 11.2. The Hall–Kier alpha value is 1.25. The predicted octanol–water partition coefficient (Wildman–Crippen LogP) is 0.346. The van der Waals surface area contributed by atoms with Crippen LogP contribution >= 0.6 is 11.3 Å². The molecule has 1 rings (SSSR count). The third-order valence-corrected chi connectivity index (χ3v) is 2.48. The summed E-state index contributed by atoms with van der Waals surface area (Å²) in [6.45, 7) is 0. The average Bonchev–Trinajstić information content (AvgIpc) is 2.08. The second kappa shape index (κ2) is 4.32. The van der Waals surface area contributed by atoms with Gasteiger partial charge in [-0.05, 0) is 11.4 Å². The van der Waals surface area contributed by atoms with Crippen LogP contribution in [0.3, 0.4) is 0 Å². The molecule has 0 saturated heterocycles. The molecule has 10 heavy (non-hydrogen) atoms. The molecule has 3 nitrogen and oxygen atoms in total. The molecule has 0 saturated carbocycles. The van der Waals surface area contributed by atoms with Crippen LogP contribution in [0.15, 0.2) is 21.7 Å². The molecule has 0 amide bonds. The Morgan fingerprint density at radius 1 is 1.50 bits per heavy atom. The molecular weight excluding hydrogens is 199 g/mol. The maximum absolute atomic E-state index is 10.3. The summed E-state index contributed by atoms with van der Waals surface area (Å²) in [5, 5.41) is 2.96. The Kier molecular flexibility index (Phi) is 4.85.